The lowest BCUT2D eigenvalue weighted by Gasteiger charge is -2.36. The van der Waals surface area contributed by atoms with Crippen molar-refractivity contribution in [1.82, 2.24) is 0 Å². The highest BCUT2D eigenvalue weighted by molar-refractivity contribution is 9.10. The van der Waals surface area contributed by atoms with Crippen molar-refractivity contribution in [3.8, 4) is 0 Å². The molecule has 0 saturated carbocycles. The molecule has 4 aliphatic rings. The third-order valence-electron chi connectivity index (χ3n) is 4.16. The van der Waals surface area contributed by atoms with Crippen LogP contribution in [-0.2, 0) is 14.3 Å². The van der Waals surface area contributed by atoms with Gasteiger partial charge in [0.25, 0.3) is 0 Å². The van der Waals surface area contributed by atoms with E-state index < -0.39 is 10.1 Å². The molecule has 0 amide bonds. The second kappa shape index (κ2) is 3.13. The second-order valence-corrected chi connectivity index (χ2v) is 7.20. The minimum atomic E-state index is -0.694. The molecule has 1 fully saturated rings. The van der Waals surface area contributed by atoms with Crippen LogP contribution in [0.4, 0.5) is 0 Å². The Balaban J connectivity index is 1.89. The number of halogens is 2. The van der Waals surface area contributed by atoms with Gasteiger partial charge in [-0.2, -0.15) is 0 Å². The Morgan fingerprint density at radius 3 is 2.71 bits per heavy atom. The number of ether oxygens (including phenoxy) is 2. The van der Waals surface area contributed by atoms with Crippen molar-refractivity contribution >= 4 is 37.6 Å². The van der Waals surface area contributed by atoms with Gasteiger partial charge in [0, 0.05) is 5.57 Å². The van der Waals surface area contributed by atoms with Gasteiger partial charge in [0.05, 0.1) is 24.0 Å². The average molecular weight is 362 g/mol. The predicted molar refractivity (Wildman–Crippen MR) is 68.3 cm³/mol. The molecule has 3 atom stereocenters. The smallest absolute Gasteiger partial charge is 0.201 e. The van der Waals surface area contributed by atoms with Crippen LogP contribution in [0.15, 0.2) is 23.3 Å². The predicted octanol–water partition coefficient (Wildman–Crippen LogP) is 2.10. The van der Waals surface area contributed by atoms with Crippen LogP contribution in [0, 0.1) is 5.92 Å². The Kier molecular flexibility index (Phi) is 2.01. The van der Waals surface area contributed by atoms with Crippen molar-refractivity contribution in [2.24, 2.45) is 5.92 Å². The maximum Gasteiger partial charge on any atom is 0.201 e. The number of ketones is 1. The maximum atomic E-state index is 12.2. The Labute approximate surface area is 115 Å². The van der Waals surface area contributed by atoms with E-state index in [1.54, 1.807) is 0 Å². The first kappa shape index (κ1) is 10.9. The van der Waals surface area contributed by atoms with Gasteiger partial charge in [-0.1, -0.05) is 44.0 Å². The zero-order valence-corrected chi connectivity index (χ0v) is 12.1. The summed E-state index contributed by atoms with van der Waals surface area (Å²) in [6.07, 6.45) is 4.87. The first-order valence-corrected chi connectivity index (χ1v) is 7.39. The average Bonchev–Trinajstić information content (AvgIpc) is 2.99. The highest BCUT2D eigenvalue weighted by Gasteiger charge is 2.71. The van der Waals surface area contributed by atoms with Crippen LogP contribution >= 0.6 is 31.9 Å². The number of carbonyl (C=O) groups excluding carboxylic acids is 1. The van der Waals surface area contributed by atoms with E-state index in [1.165, 1.54) is 0 Å². The third kappa shape index (κ3) is 1.01. The van der Waals surface area contributed by atoms with E-state index in [1.807, 2.05) is 6.08 Å². The Morgan fingerprint density at radius 2 is 2.06 bits per heavy atom. The fraction of sp³-hybridized carbons (Fsp3) is 0.583. The Hall–Kier alpha value is 0.0300. The fourth-order valence-electron chi connectivity index (χ4n) is 3.50. The molecular weight excluding hydrogens is 352 g/mol. The molecule has 1 heterocycles. The van der Waals surface area contributed by atoms with Crippen molar-refractivity contribution in [2.75, 3.05) is 13.2 Å². The Bertz CT molecular complexity index is 490. The zero-order chi connectivity index (χ0) is 11.8. The second-order valence-electron chi connectivity index (χ2n) is 4.84. The normalized spacial score (nSPS) is 45.4. The number of fused-ring (bicyclic) bond motifs is 2. The van der Waals surface area contributed by atoms with E-state index in [0.717, 1.165) is 17.6 Å². The van der Waals surface area contributed by atoms with Crippen LogP contribution in [0.3, 0.4) is 0 Å². The van der Waals surface area contributed by atoms with Crippen molar-refractivity contribution < 1.29 is 14.3 Å². The van der Waals surface area contributed by atoms with E-state index in [0.29, 0.717) is 13.2 Å². The van der Waals surface area contributed by atoms with Crippen molar-refractivity contribution in [2.45, 2.75) is 21.4 Å². The van der Waals surface area contributed by atoms with Crippen LogP contribution in [0.2, 0.25) is 0 Å². The number of Topliss-reactive ketones (excluding diaryl/α,β-unsaturated/α-hetero) is 1. The summed E-state index contributed by atoms with van der Waals surface area (Å²) in [6, 6.07) is 0. The molecule has 0 aromatic heterocycles. The Morgan fingerprint density at radius 1 is 1.35 bits per heavy atom. The third-order valence-corrected chi connectivity index (χ3v) is 6.19. The lowest BCUT2D eigenvalue weighted by Crippen LogP contribution is -2.49. The largest absolute Gasteiger partial charge is 0.345 e. The molecule has 0 aromatic rings. The molecule has 17 heavy (non-hydrogen) atoms. The molecule has 1 saturated heterocycles. The molecule has 5 heteroatoms. The van der Waals surface area contributed by atoms with Crippen molar-refractivity contribution in [3.63, 3.8) is 0 Å². The van der Waals surface area contributed by atoms with E-state index >= 15 is 0 Å². The van der Waals surface area contributed by atoms with Gasteiger partial charge >= 0.3 is 0 Å². The van der Waals surface area contributed by atoms with Gasteiger partial charge in [0.15, 0.2) is 5.78 Å². The summed E-state index contributed by atoms with van der Waals surface area (Å²) in [5.74, 6) is -0.552. The quantitative estimate of drug-likeness (QED) is 0.489. The fourth-order valence-corrected chi connectivity index (χ4v) is 5.07. The van der Waals surface area contributed by atoms with Gasteiger partial charge in [-0.25, -0.2) is 0 Å². The summed E-state index contributed by atoms with van der Waals surface area (Å²) in [6.45, 7) is 1.19. The van der Waals surface area contributed by atoms with E-state index in [4.69, 9.17) is 9.47 Å². The van der Waals surface area contributed by atoms with E-state index in [9.17, 15) is 4.79 Å². The van der Waals surface area contributed by atoms with Crippen molar-refractivity contribution in [1.29, 1.82) is 0 Å². The van der Waals surface area contributed by atoms with Gasteiger partial charge in [0.2, 0.25) is 5.79 Å². The number of carbonyl (C=O) groups is 1. The molecule has 4 rings (SSSR count). The van der Waals surface area contributed by atoms with Crippen LogP contribution in [0.1, 0.15) is 6.42 Å². The molecule has 3 nitrogen and oxygen atoms in total. The monoisotopic (exact) mass is 360 g/mol. The van der Waals surface area contributed by atoms with Crippen molar-refractivity contribution in [3.05, 3.63) is 23.3 Å². The zero-order valence-electron chi connectivity index (χ0n) is 8.91. The summed E-state index contributed by atoms with van der Waals surface area (Å²) >= 11 is 7.21. The lowest BCUT2D eigenvalue weighted by molar-refractivity contribution is -0.171. The topological polar surface area (TPSA) is 35.5 Å². The summed E-state index contributed by atoms with van der Waals surface area (Å²) in [7, 11) is 0. The van der Waals surface area contributed by atoms with Crippen LogP contribution in [0.25, 0.3) is 0 Å². The first-order chi connectivity index (χ1) is 8.10. The molecule has 3 unspecified atom stereocenters. The maximum absolute atomic E-state index is 12.2. The van der Waals surface area contributed by atoms with Gasteiger partial charge in [-0.15, -0.1) is 0 Å². The number of alkyl halides is 2. The molecule has 1 spiro atoms. The van der Waals surface area contributed by atoms with Crippen LogP contribution in [-0.4, -0.2) is 33.9 Å². The summed E-state index contributed by atoms with van der Waals surface area (Å²) in [5.41, 5.74) is 2.03. The number of hydrogen-bond donors (Lipinski definition) is 0. The SMILES string of the molecule is O=C1C2=C(CC1Br)C1(Br)C=CC2C12OCCO2. The summed E-state index contributed by atoms with van der Waals surface area (Å²) in [4.78, 5) is 12.1. The molecule has 1 aliphatic heterocycles. The molecule has 3 aliphatic carbocycles. The van der Waals surface area contributed by atoms with Crippen LogP contribution < -0.4 is 0 Å². The standard InChI is InChI=1S/C12H10Br2O3/c13-8-5-7-9(10(8)15)6-1-2-11(7,14)12(6)16-3-4-17-12/h1-2,6,8H,3-5H2. The summed E-state index contributed by atoms with van der Waals surface area (Å²) in [5, 5.41) is 0. The van der Waals surface area contributed by atoms with Gasteiger partial charge < -0.3 is 9.47 Å². The van der Waals surface area contributed by atoms with Gasteiger partial charge in [0.1, 0.15) is 4.32 Å². The van der Waals surface area contributed by atoms with Crippen LogP contribution in [0.5, 0.6) is 0 Å². The minimum absolute atomic E-state index is 0.0468. The highest BCUT2D eigenvalue weighted by Crippen LogP contribution is 2.65. The number of rotatable bonds is 0. The van der Waals surface area contributed by atoms with Gasteiger partial charge in [-0.05, 0) is 12.0 Å². The minimum Gasteiger partial charge on any atom is -0.345 e. The molecule has 2 bridgehead atoms. The van der Waals surface area contributed by atoms with E-state index in [-0.39, 0.29) is 16.5 Å². The summed E-state index contributed by atoms with van der Waals surface area (Å²) < 4.78 is 11.3. The lowest BCUT2D eigenvalue weighted by atomic mass is 9.94. The molecule has 90 valence electrons. The highest BCUT2D eigenvalue weighted by atomic mass is 79.9. The first-order valence-electron chi connectivity index (χ1n) is 5.68. The molecular formula is C12H10Br2O3. The molecule has 0 aromatic carbocycles. The molecule has 0 radical (unpaired) electrons. The number of hydrogen-bond acceptors (Lipinski definition) is 3. The van der Waals surface area contributed by atoms with E-state index in [2.05, 4.69) is 37.9 Å². The molecule has 0 N–H and O–H groups in total. The van der Waals surface area contributed by atoms with Gasteiger partial charge in [-0.3, -0.25) is 4.79 Å².